The van der Waals surface area contributed by atoms with E-state index in [0.29, 0.717) is 12.3 Å². The first-order valence-corrected chi connectivity index (χ1v) is 9.51. The fraction of sp³-hybridized carbons (Fsp3) is 0.409. The molecule has 2 aromatic carbocycles. The van der Waals surface area contributed by atoms with E-state index in [9.17, 15) is 4.79 Å². The Labute approximate surface area is 161 Å². The van der Waals surface area contributed by atoms with Crippen molar-refractivity contribution in [2.45, 2.75) is 25.8 Å². The van der Waals surface area contributed by atoms with Crippen molar-refractivity contribution in [3.05, 3.63) is 48.0 Å². The maximum absolute atomic E-state index is 11.7. The molecule has 0 spiro atoms. The molecule has 1 aliphatic rings. The summed E-state index contributed by atoms with van der Waals surface area (Å²) >= 11 is 0. The number of nitrogens with zero attached hydrogens (tertiary/aromatic N) is 1. The summed E-state index contributed by atoms with van der Waals surface area (Å²) in [6.45, 7) is 3.35. The molecule has 0 aliphatic carbocycles. The van der Waals surface area contributed by atoms with Gasteiger partial charge < -0.3 is 19.7 Å². The van der Waals surface area contributed by atoms with E-state index < -0.39 is 0 Å². The number of ether oxygens (including phenoxy) is 2. The van der Waals surface area contributed by atoms with E-state index in [1.165, 1.54) is 0 Å². The second-order valence-electron chi connectivity index (χ2n) is 6.75. The third-order valence-electron chi connectivity index (χ3n) is 4.96. The first-order valence-electron chi connectivity index (χ1n) is 9.51. The molecule has 5 nitrogen and oxygen atoms in total. The zero-order chi connectivity index (χ0) is 19.1. The average Bonchev–Trinajstić information content (AvgIpc) is 3.12. The molecule has 0 unspecified atom stereocenters. The Morgan fingerprint density at radius 2 is 1.81 bits per heavy atom. The highest BCUT2D eigenvalue weighted by molar-refractivity contribution is 5.78. The van der Waals surface area contributed by atoms with E-state index in [-0.39, 0.29) is 0 Å². The molecule has 1 fully saturated rings. The van der Waals surface area contributed by atoms with Gasteiger partial charge in [-0.2, -0.15) is 0 Å². The van der Waals surface area contributed by atoms with Crippen molar-refractivity contribution < 1.29 is 14.3 Å². The van der Waals surface area contributed by atoms with E-state index in [4.69, 9.17) is 9.47 Å². The van der Waals surface area contributed by atoms with Crippen molar-refractivity contribution in [1.29, 1.82) is 0 Å². The highest BCUT2D eigenvalue weighted by Gasteiger charge is 2.19. The molecule has 1 heterocycles. The highest BCUT2D eigenvalue weighted by atomic mass is 16.5. The Morgan fingerprint density at radius 1 is 1.07 bits per heavy atom. The number of likely N-dealkylation sites (tertiary alicyclic amines) is 1. The molecule has 1 amide bonds. The lowest BCUT2D eigenvalue weighted by atomic mass is 9.98. The lowest BCUT2D eigenvalue weighted by Crippen LogP contribution is -2.28. The quantitative estimate of drug-likeness (QED) is 0.689. The van der Waals surface area contributed by atoms with Crippen LogP contribution in [-0.4, -0.2) is 44.7 Å². The molecule has 0 aromatic heterocycles. The molecule has 1 N–H and O–H groups in total. The van der Waals surface area contributed by atoms with E-state index >= 15 is 0 Å². The topological polar surface area (TPSA) is 50.8 Å². The molecule has 5 heteroatoms. The van der Waals surface area contributed by atoms with Gasteiger partial charge in [-0.15, -0.1) is 0 Å². The van der Waals surface area contributed by atoms with Gasteiger partial charge >= 0.3 is 0 Å². The summed E-state index contributed by atoms with van der Waals surface area (Å²) in [6.07, 6.45) is 2.66. The van der Waals surface area contributed by atoms with Gasteiger partial charge in [-0.05, 0) is 48.2 Å². The molecule has 144 valence electrons. The van der Waals surface area contributed by atoms with E-state index in [1.54, 1.807) is 14.2 Å². The number of hydrogen-bond donors (Lipinski definition) is 1. The fourth-order valence-electron chi connectivity index (χ4n) is 3.51. The Hall–Kier alpha value is -2.53. The minimum Gasteiger partial charge on any atom is -0.493 e. The number of hydrogen-bond acceptors (Lipinski definition) is 4. The monoisotopic (exact) mass is 368 g/mol. The molecule has 0 atom stereocenters. The molecular formula is C22H28N2O3. The van der Waals surface area contributed by atoms with Crippen LogP contribution in [0.5, 0.6) is 11.5 Å². The number of amides is 1. The maximum atomic E-state index is 11.7. The SMILES string of the molecule is COc1cc(CNCCCN2CCCC2=O)c(-c2ccccc2)cc1OC. The third kappa shape index (κ3) is 4.80. The van der Waals surface area contributed by atoms with Gasteiger partial charge in [-0.25, -0.2) is 0 Å². The number of benzene rings is 2. The number of nitrogens with one attached hydrogen (secondary N) is 1. The number of carbonyl (C=O) groups is 1. The summed E-state index contributed by atoms with van der Waals surface area (Å²) in [5.41, 5.74) is 3.45. The van der Waals surface area contributed by atoms with Crippen molar-refractivity contribution in [2.75, 3.05) is 33.9 Å². The van der Waals surface area contributed by atoms with Crippen molar-refractivity contribution in [1.82, 2.24) is 10.2 Å². The Balaban J connectivity index is 1.66. The fourth-order valence-corrected chi connectivity index (χ4v) is 3.51. The predicted octanol–water partition coefficient (Wildman–Crippen LogP) is 3.47. The van der Waals surface area contributed by atoms with Crippen LogP contribution in [-0.2, 0) is 11.3 Å². The molecule has 0 radical (unpaired) electrons. The first-order chi connectivity index (χ1) is 13.2. The van der Waals surface area contributed by atoms with Crippen LogP contribution in [0.25, 0.3) is 11.1 Å². The zero-order valence-corrected chi connectivity index (χ0v) is 16.2. The lowest BCUT2D eigenvalue weighted by molar-refractivity contribution is -0.127. The molecular weight excluding hydrogens is 340 g/mol. The number of methoxy groups -OCH3 is 2. The first kappa shape index (κ1) is 19.2. The third-order valence-corrected chi connectivity index (χ3v) is 4.96. The van der Waals surface area contributed by atoms with Crippen LogP contribution in [0, 0.1) is 0 Å². The summed E-state index contributed by atoms with van der Waals surface area (Å²) < 4.78 is 11.0. The minimum atomic E-state index is 0.293. The van der Waals surface area contributed by atoms with E-state index in [2.05, 4.69) is 17.4 Å². The summed E-state index contributed by atoms with van der Waals surface area (Å²) in [7, 11) is 3.31. The van der Waals surface area contributed by atoms with E-state index in [0.717, 1.165) is 67.2 Å². The number of carbonyl (C=O) groups excluding carboxylic acids is 1. The predicted molar refractivity (Wildman–Crippen MR) is 107 cm³/mol. The Bertz CT molecular complexity index is 762. The second kappa shape index (κ2) is 9.42. The molecule has 2 aromatic rings. The Morgan fingerprint density at radius 3 is 2.48 bits per heavy atom. The van der Waals surface area contributed by atoms with Crippen LogP contribution in [0.15, 0.2) is 42.5 Å². The van der Waals surface area contributed by atoms with Gasteiger partial charge in [0.2, 0.25) is 5.91 Å². The van der Waals surface area contributed by atoms with Gasteiger partial charge in [0.1, 0.15) is 0 Å². The van der Waals surface area contributed by atoms with Crippen LogP contribution >= 0.6 is 0 Å². The summed E-state index contributed by atoms with van der Waals surface area (Å²) in [4.78, 5) is 13.6. The summed E-state index contributed by atoms with van der Waals surface area (Å²) in [5, 5.41) is 3.51. The van der Waals surface area contributed by atoms with Gasteiger partial charge in [0.05, 0.1) is 14.2 Å². The summed E-state index contributed by atoms with van der Waals surface area (Å²) in [5.74, 6) is 1.76. The van der Waals surface area contributed by atoms with Crippen LogP contribution in [0.2, 0.25) is 0 Å². The van der Waals surface area contributed by atoms with E-state index in [1.807, 2.05) is 35.2 Å². The summed E-state index contributed by atoms with van der Waals surface area (Å²) in [6, 6.07) is 14.4. The normalized spacial score (nSPS) is 13.9. The van der Waals surface area contributed by atoms with Gasteiger partial charge in [0.15, 0.2) is 11.5 Å². The smallest absolute Gasteiger partial charge is 0.222 e. The van der Waals surface area contributed by atoms with Gasteiger partial charge in [0, 0.05) is 26.1 Å². The van der Waals surface area contributed by atoms with Crippen molar-refractivity contribution in [2.24, 2.45) is 0 Å². The molecule has 0 bridgehead atoms. The van der Waals surface area contributed by atoms with Crippen molar-refractivity contribution in [3.8, 4) is 22.6 Å². The van der Waals surface area contributed by atoms with Gasteiger partial charge in [0.25, 0.3) is 0 Å². The minimum absolute atomic E-state index is 0.293. The molecule has 0 saturated carbocycles. The molecule has 27 heavy (non-hydrogen) atoms. The van der Waals surface area contributed by atoms with Gasteiger partial charge in [-0.3, -0.25) is 4.79 Å². The second-order valence-corrected chi connectivity index (χ2v) is 6.75. The maximum Gasteiger partial charge on any atom is 0.222 e. The van der Waals surface area contributed by atoms with Crippen LogP contribution < -0.4 is 14.8 Å². The van der Waals surface area contributed by atoms with Crippen molar-refractivity contribution in [3.63, 3.8) is 0 Å². The number of rotatable bonds is 9. The zero-order valence-electron chi connectivity index (χ0n) is 16.2. The largest absolute Gasteiger partial charge is 0.493 e. The lowest BCUT2D eigenvalue weighted by Gasteiger charge is -2.17. The highest BCUT2D eigenvalue weighted by Crippen LogP contribution is 2.35. The average molecular weight is 368 g/mol. The standard InChI is InChI=1S/C22H28N2O3/c1-26-20-14-18(16-23-11-7-13-24-12-6-10-22(24)25)19(15-21(20)27-2)17-8-4-3-5-9-17/h3-5,8-9,14-15,23H,6-7,10-13,16H2,1-2H3. The van der Waals surface area contributed by atoms with Crippen LogP contribution in [0.3, 0.4) is 0 Å². The molecule has 3 rings (SSSR count). The Kier molecular flexibility index (Phi) is 6.71. The molecule has 1 saturated heterocycles. The van der Waals surface area contributed by atoms with Crippen molar-refractivity contribution >= 4 is 5.91 Å². The van der Waals surface area contributed by atoms with Gasteiger partial charge in [-0.1, -0.05) is 30.3 Å². The van der Waals surface area contributed by atoms with Crippen LogP contribution in [0.1, 0.15) is 24.8 Å². The molecule has 1 aliphatic heterocycles. The van der Waals surface area contributed by atoms with Crippen LogP contribution in [0.4, 0.5) is 0 Å².